The third kappa shape index (κ3) is 5.95. The average molecular weight is 531 g/mol. The highest BCUT2D eigenvalue weighted by Gasteiger charge is 2.46. The van der Waals surface area contributed by atoms with Gasteiger partial charge >= 0.3 is 15.5 Å². The van der Waals surface area contributed by atoms with Crippen molar-refractivity contribution in [3.63, 3.8) is 0 Å². The number of benzene rings is 2. The number of aliphatic hydroxyl groups excluding tert-OH is 1. The molecule has 0 radical (unpaired) electrons. The highest BCUT2D eigenvalue weighted by molar-refractivity contribution is 7.93. The standard InChI is InChI=1S/C22H22ClF3N4O4S/c1-2-3-8-19-28-20(23)18(13-31)30(19)15-11-9-14(10-12-15)27-21(32)16-6-4-5-7-17(16)29-35(33,34)22(24,25)26/h4-7,9-12,29,31H,2-3,8,13H2,1H3,(H,27,32). The molecule has 8 nitrogen and oxygen atoms in total. The summed E-state index contributed by atoms with van der Waals surface area (Å²) in [4.78, 5) is 17.0. The maximum Gasteiger partial charge on any atom is 0.516 e. The van der Waals surface area contributed by atoms with Crippen molar-refractivity contribution >= 4 is 38.9 Å². The molecule has 0 aliphatic rings. The van der Waals surface area contributed by atoms with Gasteiger partial charge in [0.2, 0.25) is 0 Å². The Hall–Kier alpha value is -3.09. The molecule has 1 aromatic heterocycles. The van der Waals surface area contributed by atoms with E-state index in [0.29, 0.717) is 29.3 Å². The van der Waals surface area contributed by atoms with Crippen LogP contribution in [0.2, 0.25) is 5.15 Å². The Morgan fingerprint density at radius 2 is 1.80 bits per heavy atom. The molecule has 0 spiro atoms. The van der Waals surface area contributed by atoms with Crippen molar-refractivity contribution in [2.45, 2.75) is 38.3 Å². The van der Waals surface area contributed by atoms with Gasteiger partial charge in [0.25, 0.3) is 5.91 Å². The van der Waals surface area contributed by atoms with Crippen LogP contribution in [0.1, 0.15) is 41.6 Å². The first-order valence-electron chi connectivity index (χ1n) is 10.4. The van der Waals surface area contributed by atoms with Crippen molar-refractivity contribution < 1.29 is 31.5 Å². The zero-order chi connectivity index (χ0) is 25.8. The summed E-state index contributed by atoms with van der Waals surface area (Å²) < 4.78 is 64.3. The zero-order valence-corrected chi connectivity index (χ0v) is 20.0. The summed E-state index contributed by atoms with van der Waals surface area (Å²) in [5.41, 5.74) is -4.99. The van der Waals surface area contributed by atoms with E-state index < -0.39 is 27.1 Å². The number of carbonyl (C=O) groups excluding carboxylic acids is 1. The number of para-hydroxylation sites is 1. The van der Waals surface area contributed by atoms with Gasteiger partial charge in [-0.25, -0.2) is 4.98 Å². The number of amides is 1. The van der Waals surface area contributed by atoms with E-state index in [0.717, 1.165) is 18.9 Å². The van der Waals surface area contributed by atoms with Crippen LogP contribution >= 0.6 is 11.6 Å². The summed E-state index contributed by atoms with van der Waals surface area (Å²) in [5.74, 6) is -0.146. The van der Waals surface area contributed by atoms with Crippen LogP contribution in [-0.2, 0) is 23.1 Å². The second-order valence-electron chi connectivity index (χ2n) is 7.46. The Bertz CT molecular complexity index is 1310. The molecular weight excluding hydrogens is 509 g/mol. The Kier molecular flexibility index (Phi) is 8.08. The third-order valence-corrected chi connectivity index (χ3v) is 6.40. The fourth-order valence-corrected chi connectivity index (χ4v) is 4.11. The molecule has 3 aromatic rings. The normalized spacial score (nSPS) is 11.9. The Labute approximate surface area is 204 Å². The molecule has 0 aliphatic heterocycles. The molecule has 1 amide bonds. The summed E-state index contributed by atoms with van der Waals surface area (Å²) in [6.07, 6.45) is 2.44. The molecule has 3 N–H and O–H groups in total. The number of aliphatic hydroxyl groups is 1. The Morgan fingerprint density at radius 3 is 2.40 bits per heavy atom. The molecule has 0 bridgehead atoms. The second-order valence-corrected chi connectivity index (χ2v) is 9.49. The number of nitrogens with one attached hydrogen (secondary N) is 2. The summed E-state index contributed by atoms with van der Waals surface area (Å²) in [6.45, 7) is 1.70. The van der Waals surface area contributed by atoms with E-state index in [1.54, 1.807) is 28.8 Å². The molecule has 35 heavy (non-hydrogen) atoms. The van der Waals surface area contributed by atoms with E-state index in [1.807, 2.05) is 6.92 Å². The van der Waals surface area contributed by atoms with Crippen LogP contribution in [0.15, 0.2) is 48.5 Å². The molecule has 3 rings (SSSR count). The maximum atomic E-state index is 12.7. The van der Waals surface area contributed by atoms with Gasteiger partial charge in [-0.2, -0.15) is 21.6 Å². The molecule has 0 saturated heterocycles. The number of nitrogens with zero attached hydrogens (tertiary/aromatic N) is 2. The molecule has 0 unspecified atom stereocenters. The zero-order valence-electron chi connectivity index (χ0n) is 18.4. The van der Waals surface area contributed by atoms with Crippen molar-refractivity contribution in [1.29, 1.82) is 0 Å². The van der Waals surface area contributed by atoms with E-state index in [4.69, 9.17) is 11.6 Å². The molecule has 0 atom stereocenters. The van der Waals surface area contributed by atoms with Crippen molar-refractivity contribution in [2.24, 2.45) is 0 Å². The van der Waals surface area contributed by atoms with Crippen LogP contribution in [0, 0.1) is 0 Å². The van der Waals surface area contributed by atoms with Gasteiger partial charge in [0.05, 0.1) is 23.6 Å². The predicted octanol–water partition coefficient (Wildman–Crippen LogP) is 4.87. The first-order valence-corrected chi connectivity index (χ1v) is 12.3. The molecule has 0 aliphatic carbocycles. The maximum absolute atomic E-state index is 12.7. The smallest absolute Gasteiger partial charge is 0.390 e. The number of imidazole rings is 1. The molecule has 0 saturated carbocycles. The lowest BCUT2D eigenvalue weighted by Crippen LogP contribution is -2.30. The van der Waals surface area contributed by atoms with Crippen molar-refractivity contribution in [1.82, 2.24) is 9.55 Å². The number of hydrogen-bond acceptors (Lipinski definition) is 5. The number of sulfonamides is 1. The number of carbonyl (C=O) groups is 1. The molecular formula is C22H22ClF3N4O4S. The topological polar surface area (TPSA) is 113 Å². The monoisotopic (exact) mass is 530 g/mol. The van der Waals surface area contributed by atoms with Crippen LogP contribution in [0.25, 0.3) is 5.69 Å². The van der Waals surface area contributed by atoms with E-state index in [1.165, 1.54) is 22.9 Å². The first kappa shape index (κ1) is 26.5. The lowest BCUT2D eigenvalue weighted by atomic mass is 10.1. The molecule has 1 heterocycles. The highest BCUT2D eigenvalue weighted by Crippen LogP contribution is 2.28. The van der Waals surface area contributed by atoms with Gasteiger partial charge in [-0.1, -0.05) is 37.1 Å². The number of anilines is 2. The van der Waals surface area contributed by atoms with Gasteiger partial charge in [0.1, 0.15) is 5.82 Å². The minimum atomic E-state index is -5.70. The van der Waals surface area contributed by atoms with E-state index in [-0.39, 0.29) is 17.3 Å². The fourth-order valence-electron chi connectivity index (χ4n) is 3.28. The van der Waals surface area contributed by atoms with Crippen LogP contribution < -0.4 is 10.0 Å². The number of aryl methyl sites for hydroxylation is 1. The third-order valence-electron chi connectivity index (χ3n) is 5.00. The summed E-state index contributed by atoms with van der Waals surface area (Å²) in [7, 11) is -5.70. The van der Waals surface area contributed by atoms with Crippen molar-refractivity contribution in [3.8, 4) is 5.69 Å². The molecule has 13 heteroatoms. The van der Waals surface area contributed by atoms with Gasteiger partial charge in [-0.05, 0) is 42.8 Å². The van der Waals surface area contributed by atoms with Gasteiger partial charge < -0.3 is 10.4 Å². The van der Waals surface area contributed by atoms with Crippen LogP contribution in [-0.4, -0.2) is 34.5 Å². The number of alkyl halides is 3. The van der Waals surface area contributed by atoms with Gasteiger partial charge in [-0.3, -0.25) is 14.1 Å². The van der Waals surface area contributed by atoms with E-state index >= 15 is 0 Å². The van der Waals surface area contributed by atoms with Crippen molar-refractivity contribution in [2.75, 3.05) is 10.0 Å². The first-order chi connectivity index (χ1) is 16.5. The minimum Gasteiger partial charge on any atom is -0.390 e. The summed E-state index contributed by atoms with van der Waals surface area (Å²) in [5, 5.41) is 12.5. The number of aromatic nitrogens is 2. The van der Waals surface area contributed by atoms with Crippen LogP contribution in [0.4, 0.5) is 24.5 Å². The van der Waals surface area contributed by atoms with E-state index in [2.05, 4.69) is 10.3 Å². The summed E-state index contributed by atoms with van der Waals surface area (Å²) >= 11 is 6.17. The highest BCUT2D eigenvalue weighted by atomic mass is 35.5. The number of unbranched alkanes of at least 4 members (excludes halogenated alkanes) is 1. The Morgan fingerprint density at radius 1 is 1.14 bits per heavy atom. The van der Waals surface area contributed by atoms with Gasteiger partial charge in [0.15, 0.2) is 5.15 Å². The lowest BCUT2D eigenvalue weighted by Gasteiger charge is -2.15. The predicted molar refractivity (Wildman–Crippen MR) is 126 cm³/mol. The average Bonchev–Trinajstić information content (AvgIpc) is 3.12. The SMILES string of the molecule is CCCCc1nc(Cl)c(CO)n1-c1ccc(NC(=O)c2ccccc2NS(=O)(=O)C(F)(F)F)cc1. The second kappa shape index (κ2) is 10.7. The quantitative estimate of drug-likeness (QED) is 0.365. The van der Waals surface area contributed by atoms with Gasteiger partial charge in [-0.15, -0.1) is 0 Å². The van der Waals surface area contributed by atoms with Crippen molar-refractivity contribution in [3.05, 3.63) is 70.8 Å². The van der Waals surface area contributed by atoms with Gasteiger partial charge in [0, 0.05) is 17.8 Å². The lowest BCUT2D eigenvalue weighted by molar-refractivity contribution is -0.0429. The number of hydrogen-bond donors (Lipinski definition) is 3. The number of rotatable bonds is 9. The number of halogens is 4. The largest absolute Gasteiger partial charge is 0.516 e. The summed E-state index contributed by atoms with van der Waals surface area (Å²) in [6, 6.07) is 11.3. The fraction of sp³-hybridized carbons (Fsp3) is 0.273. The van der Waals surface area contributed by atoms with Crippen LogP contribution in [0.3, 0.4) is 0 Å². The Balaban J connectivity index is 1.85. The molecule has 188 valence electrons. The molecule has 0 fully saturated rings. The van der Waals surface area contributed by atoms with E-state index in [9.17, 15) is 31.5 Å². The van der Waals surface area contributed by atoms with Crippen LogP contribution in [0.5, 0.6) is 0 Å². The molecule has 2 aromatic carbocycles. The minimum absolute atomic E-state index is 0.189.